The van der Waals surface area contributed by atoms with E-state index in [0.717, 1.165) is 44.5 Å². The molecule has 0 N–H and O–H groups in total. The second kappa shape index (κ2) is 10.0. The second-order valence-electron chi connectivity index (χ2n) is 11.6. The van der Waals surface area contributed by atoms with Gasteiger partial charge in [0.05, 0.1) is 5.69 Å². The van der Waals surface area contributed by atoms with Gasteiger partial charge in [-0.1, -0.05) is 91.0 Å². The topological polar surface area (TPSA) is 29.3 Å². The molecule has 0 aliphatic carbocycles. The highest BCUT2D eigenvalue weighted by Gasteiger charge is 2.22. The predicted molar refractivity (Wildman–Crippen MR) is 197 cm³/mol. The van der Waals surface area contributed by atoms with Gasteiger partial charge in [0.1, 0.15) is 5.52 Å². The van der Waals surface area contributed by atoms with Crippen molar-refractivity contribution in [2.24, 2.45) is 0 Å². The summed E-state index contributed by atoms with van der Waals surface area (Å²) in [6, 6.07) is 51.9. The van der Waals surface area contributed by atoms with Gasteiger partial charge in [-0.3, -0.25) is 0 Å². The van der Waals surface area contributed by atoms with E-state index in [1.807, 2.05) is 53.0 Å². The zero-order valence-corrected chi connectivity index (χ0v) is 26.1. The molecule has 0 aliphatic rings. The van der Waals surface area contributed by atoms with Crippen LogP contribution in [0.5, 0.6) is 0 Å². The first-order valence-electron chi connectivity index (χ1n) is 15.3. The largest absolute Gasteiger partial charge is 0.435 e. The van der Waals surface area contributed by atoms with Gasteiger partial charge < -0.3 is 9.32 Å². The third kappa shape index (κ3) is 3.92. The summed E-state index contributed by atoms with van der Waals surface area (Å²) >= 11 is 3.69. The van der Waals surface area contributed by atoms with Crippen molar-refractivity contribution in [1.82, 2.24) is 4.98 Å². The summed E-state index contributed by atoms with van der Waals surface area (Å²) in [6.07, 6.45) is 0. The van der Waals surface area contributed by atoms with E-state index in [9.17, 15) is 0 Å². The lowest BCUT2D eigenvalue weighted by Crippen LogP contribution is -2.10. The molecular weight excluding hydrogens is 601 g/mol. The zero-order valence-electron chi connectivity index (χ0n) is 24.5. The minimum atomic E-state index is 0.628. The van der Waals surface area contributed by atoms with E-state index >= 15 is 0 Å². The zero-order chi connectivity index (χ0) is 30.2. The number of thiophene rings is 2. The number of benzene rings is 7. The molecule has 0 fully saturated rings. The van der Waals surface area contributed by atoms with Crippen molar-refractivity contribution in [1.29, 1.82) is 0 Å². The summed E-state index contributed by atoms with van der Waals surface area (Å²) in [5.41, 5.74) is 5.89. The molecule has 0 spiro atoms. The fourth-order valence-corrected chi connectivity index (χ4v) is 9.04. The number of hydrogen-bond donors (Lipinski definition) is 0. The molecule has 10 aromatic rings. The van der Waals surface area contributed by atoms with Crippen LogP contribution in [-0.2, 0) is 0 Å². The van der Waals surface area contributed by atoms with Gasteiger partial charge in [0.2, 0.25) is 5.89 Å². The van der Waals surface area contributed by atoms with Crippen LogP contribution in [-0.4, -0.2) is 4.98 Å². The average molecular weight is 625 g/mol. The van der Waals surface area contributed by atoms with E-state index in [1.54, 1.807) is 0 Å². The number of oxazole rings is 1. The number of aromatic nitrogens is 1. The molecule has 3 heterocycles. The third-order valence-electron chi connectivity index (χ3n) is 8.88. The Labute approximate surface area is 272 Å². The Morgan fingerprint density at radius 1 is 0.457 bits per heavy atom. The molecule has 0 amide bonds. The van der Waals surface area contributed by atoms with Crippen molar-refractivity contribution in [3.63, 3.8) is 0 Å². The molecule has 3 aromatic heterocycles. The lowest BCUT2D eigenvalue weighted by Gasteiger charge is -2.27. The minimum Gasteiger partial charge on any atom is -0.435 e. The maximum atomic E-state index is 6.47. The van der Waals surface area contributed by atoms with E-state index < -0.39 is 0 Å². The number of fused-ring (bicyclic) bond motifs is 9. The van der Waals surface area contributed by atoms with Crippen LogP contribution in [0.1, 0.15) is 0 Å². The Balaban J connectivity index is 1.26. The van der Waals surface area contributed by atoms with Gasteiger partial charge in [-0.2, -0.15) is 0 Å². The highest BCUT2D eigenvalue weighted by atomic mass is 32.1. The molecule has 7 aromatic carbocycles. The van der Waals surface area contributed by atoms with E-state index in [1.165, 1.54) is 40.3 Å². The van der Waals surface area contributed by atoms with Gasteiger partial charge in [-0.05, 0) is 54.6 Å². The molecule has 0 saturated carbocycles. The van der Waals surface area contributed by atoms with Crippen molar-refractivity contribution in [3.05, 3.63) is 146 Å². The number of hydrogen-bond acceptors (Lipinski definition) is 5. The Kier molecular flexibility index (Phi) is 5.61. The number of rotatable bonds is 4. The highest BCUT2D eigenvalue weighted by Crippen LogP contribution is 2.46. The molecule has 0 saturated heterocycles. The molecule has 0 unspecified atom stereocenters. The summed E-state index contributed by atoms with van der Waals surface area (Å²) in [5.74, 6) is 0.628. The van der Waals surface area contributed by atoms with E-state index in [-0.39, 0.29) is 0 Å². The minimum absolute atomic E-state index is 0.628. The fourth-order valence-electron chi connectivity index (χ4n) is 6.76. The van der Waals surface area contributed by atoms with Crippen LogP contribution >= 0.6 is 22.7 Å². The van der Waals surface area contributed by atoms with E-state index in [2.05, 4.69) is 120 Å². The number of nitrogens with zero attached hydrogens (tertiary/aromatic N) is 2. The Morgan fingerprint density at radius 2 is 0.978 bits per heavy atom. The van der Waals surface area contributed by atoms with Crippen LogP contribution < -0.4 is 4.90 Å². The monoisotopic (exact) mass is 624 g/mol. The quantitative estimate of drug-likeness (QED) is 0.195. The first kappa shape index (κ1) is 25.8. The lowest BCUT2D eigenvalue weighted by atomic mass is 10.0. The fraction of sp³-hybridized carbons (Fsp3) is 0. The van der Waals surface area contributed by atoms with Crippen LogP contribution in [0.2, 0.25) is 0 Å². The average Bonchev–Trinajstić information content (AvgIpc) is 3.82. The molecule has 0 atom stereocenters. The molecule has 0 aliphatic heterocycles. The molecule has 216 valence electrons. The van der Waals surface area contributed by atoms with Gasteiger partial charge in [-0.15, -0.1) is 22.7 Å². The second-order valence-corrected chi connectivity index (χ2v) is 13.7. The predicted octanol–water partition coefficient (Wildman–Crippen LogP) is 12.9. The third-order valence-corrected chi connectivity index (χ3v) is 11.1. The molecular formula is C41H24N2OS2. The molecule has 46 heavy (non-hydrogen) atoms. The van der Waals surface area contributed by atoms with E-state index in [0.29, 0.717) is 5.89 Å². The van der Waals surface area contributed by atoms with E-state index in [4.69, 9.17) is 9.40 Å². The van der Waals surface area contributed by atoms with Crippen molar-refractivity contribution in [2.75, 3.05) is 4.90 Å². The Bertz CT molecular complexity index is 2660. The molecule has 0 radical (unpaired) electrons. The standard InChI is InChI=1S/C41H24N2OS2/c1-2-10-25(11-3-1)41-42-34-24-35(28-12-4-5-15-33(28)40(34)44-41)43(26-18-20-31-29-13-6-8-16-36(29)45-38(31)22-26)27-19-21-32-30-14-7-9-17-37(30)46-39(32)23-27/h1-24H. The van der Waals surface area contributed by atoms with Gasteiger partial charge in [0, 0.05) is 68.1 Å². The molecule has 5 heteroatoms. The number of anilines is 3. The van der Waals surface area contributed by atoms with Gasteiger partial charge >= 0.3 is 0 Å². The smallest absolute Gasteiger partial charge is 0.227 e. The maximum Gasteiger partial charge on any atom is 0.227 e. The van der Waals surface area contributed by atoms with Crippen LogP contribution in [0.4, 0.5) is 17.1 Å². The van der Waals surface area contributed by atoms with Crippen LogP contribution in [0.3, 0.4) is 0 Å². The van der Waals surface area contributed by atoms with Crippen LogP contribution in [0.25, 0.3) is 73.7 Å². The van der Waals surface area contributed by atoms with Crippen molar-refractivity contribution < 1.29 is 4.42 Å². The van der Waals surface area contributed by atoms with Gasteiger partial charge in [-0.25, -0.2) is 4.98 Å². The normalized spacial score (nSPS) is 11.9. The summed E-state index contributed by atoms with van der Waals surface area (Å²) in [4.78, 5) is 7.43. The maximum absolute atomic E-state index is 6.47. The first-order valence-corrected chi connectivity index (χ1v) is 16.9. The summed E-state index contributed by atoms with van der Waals surface area (Å²) in [7, 11) is 0. The van der Waals surface area contributed by atoms with Crippen LogP contribution in [0, 0.1) is 0 Å². The molecule has 10 rings (SSSR count). The molecule has 3 nitrogen and oxygen atoms in total. The van der Waals surface area contributed by atoms with Gasteiger partial charge in [0.15, 0.2) is 5.58 Å². The van der Waals surface area contributed by atoms with Gasteiger partial charge in [0.25, 0.3) is 0 Å². The summed E-state index contributed by atoms with van der Waals surface area (Å²) < 4.78 is 11.6. The highest BCUT2D eigenvalue weighted by molar-refractivity contribution is 7.26. The van der Waals surface area contributed by atoms with Crippen molar-refractivity contribution in [3.8, 4) is 11.5 Å². The Hall–Kier alpha value is -5.49. The summed E-state index contributed by atoms with van der Waals surface area (Å²) in [5, 5.41) is 7.33. The SMILES string of the molecule is c1ccc(-c2nc3cc(N(c4ccc5c(c4)sc4ccccc45)c4ccc5c(c4)sc4ccccc45)c4ccccc4c3o2)cc1. The van der Waals surface area contributed by atoms with Crippen LogP contribution in [0.15, 0.2) is 150 Å². The van der Waals surface area contributed by atoms with Crippen molar-refractivity contribution >= 4 is 102 Å². The molecule has 0 bridgehead atoms. The summed E-state index contributed by atoms with van der Waals surface area (Å²) in [6.45, 7) is 0. The van der Waals surface area contributed by atoms with Crippen molar-refractivity contribution in [2.45, 2.75) is 0 Å². The lowest BCUT2D eigenvalue weighted by molar-refractivity contribution is 0.623. The first-order chi connectivity index (χ1) is 22.8. The Morgan fingerprint density at radius 3 is 1.61 bits per heavy atom.